The monoisotopic (exact) mass is 465 g/mol. The molecule has 7 heteroatoms. The number of hydrogen-bond acceptors (Lipinski definition) is 3. The number of carbonyl (C=O) groups is 1. The zero-order valence-corrected chi connectivity index (χ0v) is 19.4. The number of imidazole rings is 1. The van der Waals surface area contributed by atoms with Gasteiger partial charge < -0.3 is 9.88 Å². The van der Waals surface area contributed by atoms with Crippen molar-refractivity contribution in [2.45, 2.75) is 13.0 Å². The smallest absolute Gasteiger partial charge is 0.255 e. The molecule has 3 aromatic carbocycles. The van der Waals surface area contributed by atoms with Gasteiger partial charge >= 0.3 is 0 Å². The third-order valence-electron chi connectivity index (χ3n) is 5.90. The van der Waals surface area contributed by atoms with Crippen LogP contribution in [0, 0.1) is 12.7 Å². The minimum Gasteiger partial charge on any atom is -0.338 e. The molecule has 0 saturated carbocycles. The van der Waals surface area contributed by atoms with Gasteiger partial charge in [-0.3, -0.25) is 4.79 Å². The number of nitrogens with one attached hydrogen (secondary N) is 1. The molecule has 0 fully saturated rings. The van der Waals surface area contributed by atoms with Gasteiger partial charge in [-0.1, -0.05) is 60.2 Å². The summed E-state index contributed by atoms with van der Waals surface area (Å²) in [6.07, 6.45) is 5.21. The standard InChI is InChI=1S/C28H24FN5O/c1-19-8-10-20(11-9-19)25-24(18-34(32-25)23-6-4-3-5-7-23)28(35)31-26(27-30-16-17-33(27)2)21-12-14-22(29)15-13-21/h3-18,26H,1-2H3,(H,31,35)/t26-/m1/s1. The van der Waals surface area contributed by atoms with Crippen molar-refractivity contribution in [1.29, 1.82) is 0 Å². The normalized spacial score (nSPS) is 11.9. The molecule has 0 saturated heterocycles. The lowest BCUT2D eigenvalue weighted by Crippen LogP contribution is -2.31. The number of benzene rings is 3. The molecule has 6 nitrogen and oxygen atoms in total. The molecule has 0 aliphatic heterocycles. The van der Waals surface area contributed by atoms with E-state index in [1.807, 2.05) is 79.3 Å². The highest BCUT2D eigenvalue weighted by Crippen LogP contribution is 2.27. The van der Waals surface area contributed by atoms with E-state index < -0.39 is 6.04 Å². The second-order valence-corrected chi connectivity index (χ2v) is 8.39. The molecule has 1 amide bonds. The van der Waals surface area contributed by atoms with Crippen molar-refractivity contribution < 1.29 is 9.18 Å². The van der Waals surface area contributed by atoms with E-state index in [1.54, 1.807) is 29.2 Å². The Bertz CT molecular complexity index is 1450. The zero-order valence-electron chi connectivity index (χ0n) is 19.4. The Morgan fingerprint density at radius 1 is 0.971 bits per heavy atom. The first-order valence-corrected chi connectivity index (χ1v) is 11.3. The fraction of sp³-hybridized carbons (Fsp3) is 0.107. The van der Waals surface area contributed by atoms with Crippen LogP contribution in [0.25, 0.3) is 16.9 Å². The summed E-state index contributed by atoms with van der Waals surface area (Å²) in [5.74, 6) is -0.0122. The summed E-state index contributed by atoms with van der Waals surface area (Å²) in [7, 11) is 1.86. The molecule has 35 heavy (non-hydrogen) atoms. The van der Waals surface area contributed by atoms with Gasteiger partial charge in [-0.2, -0.15) is 5.10 Å². The summed E-state index contributed by atoms with van der Waals surface area (Å²) in [5, 5.41) is 7.86. The van der Waals surface area contributed by atoms with E-state index in [1.165, 1.54) is 12.1 Å². The highest BCUT2D eigenvalue weighted by Gasteiger charge is 2.25. The van der Waals surface area contributed by atoms with Gasteiger partial charge in [0.2, 0.25) is 0 Å². The van der Waals surface area contributed by atoms with Gasteiger partial charge in [0.25, 0.3) is 5.91 Å². The Hall–Kier alpha value is -4.52. The number of amides is 1. The molecule has 1 atom stereocenters. The van der Waals surface area contributed by atoms with E-state index in [0.717, 1.165) is 22.4 Å². The van der Waals surface area contributed by atoms with Crippen molar-refractivity contribution >= 4 is 5.91 Å². The molecular weight excluding hydrogens is 441 g/mol. The van der Waals surface area contributed by atoms with E-state index in [2.05, 4.69) is 10.3 Å². The second kappa shape index (κ2) is 9.38. The van der Waals surface area contributed by atoms with Crippen LogP contribution in [0.1, 0.15) is 33.4 Å². The summed E-state index contributed by atoms with van der Waals surface area (Å²) >= 11 is 0. The molecule has 1 N–H and O–H groups in total. The fourth-order valence-corrected chi connectivity index (χ4v) is 3.99. The Morgan fingerprint density at radius 3 is 2.34 bits per heavy atom. The summed E-state index contributed by atoms with van der Waals surface area (Å²) < 4.78 is 17.2. The molecule has 0 spiro atoms. The van der Waals surface area contributed by atoms with Crippen molar-refractivity contribution in [2.24, 2.45) is 7.05 Å². The van der Waals surface area contributed by atoms with Gasteiger partial charge in [0.15, 0.2) is 0 Å². The predicted molar refractivity (Wildman–Crippen MR) is 133 cm³/mol. The summed E-state index contributed by atoms with van der Waals surface area (Å²) in [4.78, 5) is 18.2. The molecular formula is C28H24FN5O. The largest absolute Gasteiger partial charge is 0.338 e. The Kier molecular flexibility index (Phi) is 5.97. The molecule has 2 aromatic heterocycles. The second-order valence-electron chi connectivity index (χ2n) is 8.39. The predicted octanol–water partition coefficient (Wildman–Crippen LogP) is 5.24. The molecule has 0 unspecified atom stereocenters. The first kappa shape index (κ1) is 22.3. The van der Waals surface area contributed by atoms with Gasteiger partial charge in [-0.25, -0.2) is 14.1 Å². The van der Waals surface area contributed by atoms with Gasteiger partial charge in [0, 0.05) is 31.2 Å². The third-order valence-corrected chi connectivity index (χ3v) is 5.90. The Balaban J connectivity index is 1.57. The van der Waals surface area contributed by atoms with Crippen LogP contribution in [0.15, 0.2) is 97.5 Å². The van der Waals surface area contributed by atoms with Crippen LogP contribution in [0.5, 0.6) is 0 Å². The van der Waals surface area contributed by atoms with Gasteiger partial charge in [-0.05, 0) is 36.8 Å². The summed E-state index contributed by atoms with van der Waals surface area (Å²) in [6.45, 7) is 2.01. The minimum atomic E-state index is -0.575. The van der Waals surface area contributed by atoms with E-state index in [0.29, 0.717) is 17.1 Å². The fourth-order valence-electron chi connectivity index (χ4n) is 3.99. The first-order valence-electron chi connectivity index (χ1n) is 11.3. The molecule has 0 bridgehead atoms. The Morgan fingerprint density at radius 2 is 1.69 bits per heavy atom. The van der Waals surface area contributed by atoms with Gasteiger partial charge in [0.05, 0.1) is 11.3 Å². The van der Waals surface area contributed by atoms with E-state index in [9.17, 15) is 9.18 Å². The highest BCUT2D eigenvalue weighted by atomic mass is 19.1. The zero-order chi connectivity index (χ0) is 24.4. The van der Waals surface area contributed by atoms with Gasteiger partial charge in [-0.15, -0.1) is 0 Å². The van der Waals surface area contributed by atoms with Crippen molar-refractivity contribution in [3.63, 3.8) is 0 Å². The molecule has 5 aromatic rings. The number of para-hydroxylation sites is 1. The number of nitrogens with zero attached hydrogens (tertiary/aromatic N) is 4. The summed E-state index contributed by atoms with van der Waals surface area (Å²) in [5.41, 5.74) is 4.53. The maximum absolute atomic E-state index is 13.7. The van der Waals surface area contributed by atoms with Crippen molar-refractivity contribution in [3.05, 3.63) is 126 Å². The lowest BCUT2D eigenvalue weighted by atomic mass is 10.0. The molecule has 0 aliphatic carbocycles. The number of rotatable bonds is 6. The number of aromatic nitrogens is 4. The van der Waals surface area contributed by atoms with Crippen LogP contribution in [-0.2, 0) is 7.05 Å². The molecule has 2 heterocycles. The van der Waals surface area contributed by atoms with Crippen molar-refractivity contribution in [3.8, 4) is 16.9 Å². The number of carbonyl (C=O) groups excluding carboxylic acids is 1. The maximum Gasteiger partial charge on any atom is 0.255 e. The van der Waals surface area contributed by atoms with E-state index >= 15 is 0 Å². The van der Waals surface area contributed by atoms with E-state index in [-0.39, 0.29) is 11.7 Å². The lowest BCUT2D eigenvalue weighted by Gasteiger charge is -2.19. The van der Waals surface area contributed by atoms with Crippen LogP contribution < -0.4 is 5.32 Å². The number of halogens is 1. The van der Waals surface area contributed by atoms with Gasteiger partial charge in [0.1, 0.15) is 23.4 Å². The van der Waals surface area contributed by atoms with Crippen molar-refractivity contribution in [2.75, 3.05) is 0 Å². The minimum absolute atomic E-state index is 0.305. The van der Waals surface area contributed by atoms with Crippen LogP contribution in [0.2, 0.25) is 0 Å². The molecule has 0 radical (unpaired) electrons. The highest BCUT2D eigenvalue weighted by molar-refractivity contribution is 6.00. The Labute approximate surface area is 202 Å². The topological polar surface area (TPSA) is 64.7 Å². The summed E-state index contributed by atoms with van der Waals surface area (Å²) in [6, 6.07) is 23.0. The van der Waals surface area contributed by atoms with Crippen LogP contribution in [0.4, 0.5) is 4.39 Å². The van der Waals surface area contributed by atoms with Crippen LogP contribution >= 0.6 is 0 Å². The number of hydrogen-bond donors (Lipinski definition) is 1. The average Bonchev–Trinajstić information content (AvgIpc) is 3.51. The van der Waals surface area contributed by atoms with Crippen LogP contribution in [-0.4, -0.2) is 25.2 Å². The van der Waals surface area contributed by atoms with Crippen molar-refractivity contribution in [1.82, 2.24) is 24.6 Å². The third kappa shape index (κ3) is 4.61. The number of aryl methyl sites for hydroxylation is 2. The maximum atomic E-state index is 13.7. The lowest BCUT2D eigenvalue weighted by molar-refractivity contribution is 0.0942. The quantitative estimate of drug-likeness (QED) is 0.373. The first-order chi connectivity index (χ1) is 17.0. The van der Waals surface area contributed by atoms with Crippen LogP contribution in [0.3, 0.4) is 0 Å². The molecule has 174 valence electrons. The molecule has 5 rings (SSSR count). The molecule has 0 aliphatic rings. The average molecular weight is 466 g/mol. The SMILES string of the molecule is Cc1ccc(-c2nn(-c3ccccc3)cc2C(=O)N[C@H](c2ccc(F)cc2)c2nccn2C)cc1. The van der Waals surface area contributed by atoms with E-state index in [4.69, 9.17) is 5.10 Å².